The topological polar surface area (TPSA) is 191 Å². The van der Waals surface area contributed by atoms with Gasteiger partial charge in [0.25, 0.3) is 0 Å². The van der Waals surface area contributed by atoms with Crippen molar-refractivity contribution in [3.63, 3.8) is 0 Å². The maximum absolute atomic E-state index is 11.5. The number of aromatic nitrogens is 2. The fourth-order valence-corrected chi connectivity index (χ4v) is 1.20. The number of nitro groups is 3. The van der Waals surface area contributed by atoms with Crippen LogP contribution in [0.3, 0.4) is 0 Å². The summed E-state index contributed by atoms with van der Waals surface area (Å²) in [4.78, 5) is 49.0. The summed E-state index contributed by atoms with van der Waals surface area (Å²) in [6.45, 7) is -0.620. The van der Waals surface area contributed by atoms with E-state index in [1.165, 1.54) is 0 Å². The third-order valence-corrected chi connectivity index (χ3v) is 2.39. The van der Waals surface area contributed by atoms with Crippen molar-refractivity contribution in [1.29, 1.82) is 0 Å². The van der Waals surface area contributed by atoms with E-state index in [0.717, 1.165) is 23.9 Å². The van der Waals surface area contributed by atoms with Crippen molar-refractivity contribution in [2.24, 2.45) is 0 Å². The summed E-state index contributed by atoms with van der Waals surface area (Å²) in [5.74, 6) is -5.87. The molecule has 0 radical (unpaired) electrons. The minimum atomic E-state index is -3.92. The Kier molecular flexibility index (Phi) is 4.45. The summed E-state index contributed by atoms with van der Waals surface area (Å²) in [7, 11) is 0. The first-order chi connectivity index (χ1) is 10.1. The van der Waals surface area contributed by atoms with Gasteiger partial charge < -0.3 is 4.74 Å². The second-order valence-corrected chi connectivity index (χ2v) is 3.79. The van der Waals surface area contributed by atoms with Crippen LogP contribution in [0.1, 0.15) is 22.2 Å². The third kappa shape index (κ3) is 2.84. The quantitative estimate of drug-likeness (QED) is 0.277. The molecule has 1 rings (SSSR count). The lowest BCUT2D eigenvalue weighted by Gasteiger charge is -2.08. The average Bonchev–Trinajstić information content (AvgIpc) is 2.87. The minimum Gasteiger partial charge on any atom is -0.436 e. The largest absolute Gasteiger partial charge is 0.734 e. The average molecular weight is 317 g/mol. The van der Waals surface area contributed by atoms with Crippen molar-refractivity contribution < 1.29 is 29.1 Å². The molecule has 0 amide bonds. The molecule has 14 heteroatoms. The van der Waals surface area contributed by atoms with Crippen LogP contribution in [0.5, 0.6) is 0 Å². The van der Waals surface area contributed by atoms with E-state index in [1.54, 1.807) is 0 Å². The van der Waals surface area contributed by atoms with Gasteiger partial charge in [0.2, 0.25) is 5.91 Å². The molecule has 14 nitrogen and oxygen atoms in total. The molecule has 22 heavy (non-hydrogen) atoms. The van der Waals surface area contributed by atoms with Gasteiger partial charge in [-0.2, -0.15) is 5.10 Å². The highest BCUT2D eigenvalue weighted by Crippen LogP contribution is 2.14. The lowest BCUT2D eigenvalue weighted by molar-refractivity contribution is -0.970. The van der Waals surface area contributed by atoms with E-state index < -0.39 is 44.7 Å². The van der Waals surface area contributed by atoms with E-state index in [1.807, 2.05) is 0 Å². The van der Waals surface area contributed by atoms with Crippen LogP contribution in [-0.2, 0) is 4.74 Å². The number of ether oxygens (including phenoxy) is 1. The van der Waals surface area contributed by atoms with Crippen molar-refractivity contribution >= 4 is 11.9 Å². The van der Waals surface area contributed by atoms with Gasteiger partial charge in [0.05, 0.1) is 0 Å². The van der Waals surface area contributed by atoms with Crippen LogP contribution in [0.25, 0.3) is 0 Å². The van der Waals surface area contributed by atoms with E-state index in [2.05, 4.69) is 9.84 Å². The molecular weight excluding hydrogens is 310 g/mol. The number of hydrogen-bond donors (Lipinski definition) is 0. The Balaban J connectivity index is 2.95. The van der Waals surface area contributed by atoms with Gasteiger partial charge in [-0.05, 0) is 6.07 Å². The number of esters is 1. The molecule has 0 bridgehead atoms. The second kappa shape index (κ2) is 5.90. The van der Waals surface area contributed by atoms with E-state index in [-0.39, 0.29) is 0 Å². The van der Waals surface area contributed by atoms with E-state index in [9.17, 15) is 39.9 Å². The second-order valence-electron chi connectivity index (χ2n) is 3.79. The fourth-order valence-electron chi connectivity index (χ4n) is 1.20. The molecule has 118 valence electrons. The molecule has 0 N–H and O–H groups in total. The molecule has 0 saturated heterocycles. The predicted octanol–water partition coefficient (Wildman–Crippen LogP) is -0.816. The van der Waals surface area contributed by atoms with Crippen molar-refractivity contribution in [3.8, 4) is 0 Å². The highest BCUT2D eigenvalue weighted by atomic mass is 16.7. The number of hydrogen-bond acceptors (Lipinski definition) is 10. The lowest BCUT2D eigenvalue weighted by Crippen LogP contribution is -2.57. The molecule has 0 aliphatic rings. The van der Waals surface area contributed by atoms with Crippen LogP contribution in [0.15, 0.2) is 12.3 Å². The Hall–Kier alpha value is -3.45. The Morgan fingerprint density at radius 3 is 2.09 bits per heavy atom. The number of rotatable bonds is 6. The predicted molar refractivity (Wildman–Crippen MR) is 62.5 cm³/mol. The molecule has 0 fully saturated rings. The van der Waals surface area contributed by atoms with Crippen molar-refractivity contribution in [1.82, 2.24) is 9.78 Å². The summed E-state index contributed by atoms with van der Waals surface area (Å²) in [6.07, 6.45) is 1.07. The van der Waals surface area contributed by atoms with Crippen LogP contribution < -0.4 is 0 Å². The van der Waals surface area contributed by atoms with Gasteiger partial charge in [-0.25, -0.2) is 9.48 Å². The zero-order valence-corrected chi connectivity index (χ0v) is 10.8. The van der Waals surface area contributed by atoms with Crippen LogP contribution in [0.4, 0.5) is 0 Å². The molecule has 0 aliphatic carbocycles. The Morgan fingerprint density at radius 2 is 1.73 bits per heavy atom. The summed E-state index contributed by atoms with van der Waals surface area (Å²) >= 11 is 0. The number of carbonyl (C=O) groups is 2. The van der Waals surface area contributed by atoms with Crippen LogP contribution in [-0.4, -0.2) is 48.8 Å². The van der Waals surface area contributed by atoms with E-state index in [0.29, 0.717) is 0 Å². The van der Waals surface area contributed by atoms with Gasteiger partial charge in [-0.1, -0.05) is 0 Å². The van der Waals surface area contributed by atoms with Gasteiger partial charge in [-0.3, -0.25) is 35.1 Å². The van der Waals surface area contributed by atoms with Crippen molar-refractivity contribution in [2.75, 3.05) is 6.61 Å². The molecule has 1 heterocycles. The zero-order chi connectivity index (χ0) is 17.1. The molecule has 0 atom stereocenters. The van der Waals surface area contributed by atoms with Gasteiger partial charge in [-0.15, -0.1) is 0 Å². The SMILES string of the molecule is CC(=O)n1ccc(C(=O)OCC([N+](=O)[O-])([N+](=O)[O-])[N+](=O)[O-])n1. The monoisotopic (exact) mass is 317 g/mol. The van der Waals surface area contributed by atoms with Crippen molar-refractivity contribution in [3.05, 3.63) is 48.3 Å². The number of nitrogens with zero attached hydrogens (tertiary/aromatic N) is 5. The van der Waals surface area contributed by atoms with Crippen molar-refractivity contribution in [2.45, 2.75) is 12.7 Å². The first kappa shape index (κ1) is 16.6. The molecular formula is C8H7N5O9. The van der Waals surface area contributed by atoms with Gasteiger partial charge in [0.15, 0.2) is 20.5 Å². The summed E-state index contributed by atoms with van der Waals surface area (Å²) in [5, 5.41) is 35.3. The Morgan fingerprint density at radius 1 is 1.23 bits per heavy atom. The van der Waals surface area contributed by atoms with Gasteiger partial charge in [0, 0.05) is 13.1 Å². The summed E-state index contributed by atoms with van der Waals surface area (Å²) in [5.41, 5.74) is -0.501. The third-order valence-electron chi connectivity index (χ3n) is 2.39. The Bertz CT molecular complexity index is 629. The molecule has 0 spiro atoms. The van der Waals surface area contributed by atoms with Gasteiger partial charge in [0.1, 0.15) is 0 Å². The highest BCUT2D eigenvalue weighted by molar-refractivity contribution is 5.88. The molecule has 1 aromatic rings. The standard InChI is InChI=1S/C8H7N5O9/c1-5(14)10-3-2-6(9-10)7(15)22-4-8(11(16)17,12(18)19)13(20)21/h2-3H,4H2,1H3. The highest BCUT2D eigenvalue weighted by Gasteiger charge is 2.72. The fraction of sp³-hybridized carbons (Fsp3) is 0.375. The summed E-state index contributed by atoms with van der Waals surface area (Å²) < 4.78 is 4.95. The molecule has 0 unspecified atom stereocenters. The van der Waals surface area contributed by atoms with E-state index in [4.69, 9.17) is 0 Å². The Labute approximate surface area is 119 Å². The molecule has 0 saturated carbocycles. The smallest absolute Gasteiger partial charge is 0.436 e. The normalized spacial score (nSPS) is 10.8. The maximum Gasteiger partial charge on any atom is 0.734 e. The first-order valence-electron chi connectivity index (χ1n) is 5.30. The number of carbonyl (C=O) groups excluding carboxylic acids is 2. The van der Waals surface area contributed by atoms with Crippen LogP contribution >= 0.6 is 0 Å². The van der Waals surface area contributed by atoms with E-state index >= 15 is 0 Å². The minimum absolute atomic E-state index is 0.501. The summed E-state index contributed by atoms with van der Waals surface area (Å²) in [6, 6.07) is 0.996. The molecule has 0 aromatic carbocycles. The first-order valence-corrected chi connectivity index (χ1v) is 5.30. The zero-order valence-electron chi connectivity index (χ0n) is 10.8. The maximum atomic E-state index is 11.5. The molecule has 0 aliphatic heterocycles. The van der Waals surface area contributed by atoms with Crippen LogP contribution in [0.2, 0.25) is 0 Å². The lowest BCUT2D eigenvalue weighted by atomic mass is 10.4. The van der Waals surface area contributed by atoms with Crippen LogP contribution in [0, 0.1) is 30.3 Å². The molecule has 1 aromatic heterocycles. The van der Waals surface area contributed by atoms with Gasteiger partial charge >= 0.3 is 18.4 Å².